The highest BCUT2D eigenvalue weighted by atomic mass is 16.5. The lowest BCUT2D eigenvalue weighted by Crippen LogP contribution is -2.82. The number of nitrogens with zero attached hydrogens (tertiary/aromatic N) is 1. The molecular formula is C27H42N2O5. The van der Waals surface area contributed by atoms with E-state index in [1.165, 1.54) is 6.42 Å². The number of fused-ring (bicyclic) bond motifs is 3. The summed E-state index contributed by atoms with van der Waals surface area (Å²) in [6.45, 7) is 15.3. The third kappa shape index (κ3) is 3.54. The summed E-state index contributed by atoms with van der Waals surface area (Å²) in [7, 11) is 0. The summed E-state index contributed by atoms with van der Waals surface area (Å²) in [6, 6.07) is -0.744. The van der Waals surface area contributed by atoms with Crippen molar-refractivity contribution < 1.29 is 24.5 Å². The first-order valence-electron chi connectivity index (χ1n) is 12.8. The van der Waals surface area contributed by atoms with Gasteiger partial charge in [-0.15, -0.1) is 6.58 Å². The normalized spacial score (nSPS) is 44.4. The lowest BCUT2D eigenvalue weighted by atomic mass is 9.44. The molecule has 34 heavy (non-hydrogen) atoms. The van der Waals surface area contributed by atoms with Crippen LogP contribution < -0.4 is 5.32 Å². The molecule has 3 N–H and O–H groups in total. The summed E-state index contributed by atoms with van der Waals surface area (Å²) < 4.78 is 6.55. The standard InChI is InChI=1S/C27H42N2O5/c1-7-24(4)16-21(31)27(33)25(5)18(23(2,3)12-11-20(25)30)15-19(26(27,6)34-24)28-22(32)17-29-13-9-8-10-14-29/h7,15,19-20,30,33H,1,8-14,16-17H2,2-6H3,(H,28,32)/t19-,20-,24-,25+,26+,27-/m0/s1. The third-order valence-electron chi connectivity index (χ3n) is 9.32. The molecule has 2 aliphatic heterocycles. The quantitative estimate of drug-likeness (QED) is 0.542. The van der Waals surface area contributed by atoms with Crippen LogP contribution in [0, 0.1) is 10.8 Å². The maximum absolute atomic E-state index is 13.9. The van der Waals surface area contributed by atoms with E-state index in [2.05, 4.69) is 30.6 Å². The predicted octanol–water partition coefficient (Wildman–Crippen LogP) is 2.51. The Bertz CT molecular complexity index is 909. The third-order valence-corrected chi connectivity index (χ3v) is 9.32. The van der Waals surface area contributed by atoms with Crippen LogP contribution in [0.15, 0.2) is 24.3 Å². The van der Waals surface area contributed by atoms with Crippen molar-refractivity contribution in [2.75, 3.05) is 19.6 Å². The first-order chi connectivity index (χ1) is 15.7. The Morgan fingerprint density at radius 2 is 1.88 bits per heavy atom. The molecule has 0 spiro atoms. The van der Waals surface area contributed by atoms with Crippen LogP contribution in [-0.4, -0.2) is 75.4 Å². The molecule has 0 aromatic heterocycles. The molecule has 0 aromatic rings. The minimum Gasteiger partial charge on any atom is -0.392 e. The van der Waals surface area contributed by atoms with Gasteiger partial charge in [0.15, 0.2) is 11.4 Å². The number of Topliss-reactive ketones (excluding diaryl/α,β-unsaturated/α-hetero) is 1. The molecule has 3 fully saturated rings. The lowest BCUT2D eigenvalue weighted by molar-refractivity contribution is -0.288. The maximum atomic E-state index is 13.9. The minimum atomic E-state index is -2.02. The Hall–Kier alpha value is -1.54. The molecule has 4 rings (SSSR count). The van der Waals surface area contributed by atoms with Gasteiger partial charge in [0.05, 0.1) is 29.7 Å². The second kappa shape index (κ2) is 8.26. The zero-order valence-electron chi connectivity index (χ0n) is 21.4. The highest BCUT2D eigenvalue weighted by molar-refractivity contribution is 5.93. The van der Waals surface area contributed by atoms with Gasteiger partial charge < -0.3 is 20.3 Å². The number of hydrogen-bond donors (Lipinski definition) is 3. The zero-order valence-corrected chi connectivity index (χ0v) is 21.4. The SMILES string of the molecule is C=C[C@@]1(C)CC(=O)[C@@]2(O)[C@](C)(O1)[C@@H](NC(=O)CN1CCCCC1)C=C1C(C)(C)CC[C@H](O)[C@@]12C. The first kappa shape index (κ1) is 25.5. The number of ketones is 1. The van der Waals surface area contributed by atoms with Crippen molar-refractivity contribution in [3.8, 4) is 0 Å². The first-order valence-corrected chi connectivity index (χ1v) is 12.8. The fourth-order valence-corrected chi connectivity index (χ4v) is 7.21. The number of rotatable bonds is 4. The number of ether oxygens (including phenoxy) is 1. The molecule has 1 saturated carbocycles. The molecule has 2 heterocycles. The average molecular weight is 475 g/mol. The van der Waals surface area contributed by atoms with Gasteiger partial charge in [-0.05, 0) is 65.0 Å². The Balaban J connectivity index is 1.81. The molecule has 2 saturated heterocycles. The number of carbonyl (C=O) groups excluding carboxylic acids is 2. The number of piperidine rings is 1. The Kier molecular flexibility index (Phi) is 6.20. The van der Waals surface area contributed by atoms with Crippen molar-refractivity contribution in [2.24, 2.45) is 10.8 Å². The molecule has 0 bridgehead atoms. The molecule has 0 radical (unpaired) electrons. The van der Waals surface area contributed by atoms with E-state index in [4.69, 9.17) is 4.74 Å². The largest absolute Gasteiger partial charge is 0.392 e. The fraction of sp³-hybridized carbons (Fsp3) is 0.778. The van der Waals surface area contributed by atoms with Crippen molar-refractivity contribution in [1.29, 1.82) is 0 Å². The molecule has 2 aliphatic carbocycles. The van der Waals surface area contributed by atoms with Crippen molar-refractivity contribution in [3.05, 3.63) is 24.3 Å². The van der Waals surface area contributed by atoms with E-state index in [-0.39, 0.29) is 30.1 Å². The van der Waals surface area contributed by atoms with E-state index in [9.17, 15) is 19.8 Å². The summed E-state index contributed by atoms with van der Waals surface area (Å²) in [5.74, 6) is -0.546. The number of aliphatic hydroxyl groups is 2. The molecule has 0 unspecified atom stereocenters. The van der Waals surface area contributed by atoms with E-state index in [1.807, 2.05) is 6.08 Å². The van der Waals surface area contributed by atoms with E-state index in [0.29, 0.717) is 6.42 Å². The Labute approximate surface area is 203 Å². The van der Waals surface area contributed by atoms with Gasteiger partial charge in [0.1, 0.15) is 5.60 Å². The minimum absolute atomic E-state index is 0.0486. The van der Waals surface area contributed by atoms with Crippen LogP contribution in [0.4, 0.5) is 0 Å². The highest BCUT2D eigenvalue weighted by Gasteiger charge is 2.76. The van der Waals surface area contributed by atoms with Crippen LogP contribution in [0.5, 0.6) is 0 Å². The number of amides is 1. The summed E-state index contributed by atoms with van der Waals surface area (Å²) in [4.78, 5) is 29.2. The lowest BCUT2D eigenvalue weighted by Gasteiger charge is -2.67. The molecular weight excluding hydrogens is 432 g/mol. The number of carbonyl (C=O) groups is 2. The molecule has 0 aromatic carbocycles. The summed E-state index contributed by atoms with van der Waals surface area (Å²) in [5, 5.41) is 26.8. The monoisotopic (exact) mass is 474 g/mol. The predicted molar refractivity (Wildman–Crippen MR) is 130 cm³/mol. The Morgan fingerprint density at radius 1 is 1.24 bits per heavy atom. The number of hydrogen-bond acceptors (Lipinski definition) is 6. The molecule has 6 atom stereocenters. The second-order valence-corrected chi connectivity index (χ2v) is 12.1. The van der Waals surface area contributed by atoms with Crippen molar-refractivity contribution in [3.63, 3.8) is 0 Å². The molecule has 7 heteroatoms. The van der Waals surface area contributed by atoms with Gasteiger partial charge >= 0.3 is 0 Å². The highest BCUT2D eigenvalue weighted by Crippen LogP contribution is 2.64. The van der Waals surface area contributed by atoms with Gasteiger partial charge in [0, 0.05) is 6.42 Å². The van der Waals surface area contributed by atoms with Crippen LogP contribution in [0.3, 0.4) is 0 Å². The van der Waals surface area contributed by atoms with E-state index in [1.54, 1.807) is 26.8 Å². The number of aliphatic hydroxyl groups excluding tert-OH is 1. The summed E-state index contributed by atoms with van der Waals surface area (Å²) in [6.07, 6.45) is 7.11. The van der Waals surface area contributed by atoms with Crippen LogP contribution >= 0.6 is 0 Å². The molecule has 4 aliphatic rings. The Morgan fingerprint density at radius 3 is 2.50 bits per heavy atom. The van der Waals surface area contributed by atoms with Crippen LogP contribution in [0.2, 0.25) is 0 Å². The van der Waals surface area contributed by atoms with Crippen molar-refractivity contribution in [1.82, 2.24) is 10.2 Å². The van der Waals surface area contributed by atoms with Crippen molar-refractivity contribution in [2.45, 2.75) is 102 Å². The summed E-state index contributed by atoms with van der Waals surface area (Å²) in [5.41, 5.74) is -5.30. The van der Waals surface area contributed by atoms with Gasteiger partial charge in [0.25, 0.3) is 0 Å². The van der Waals surface area contributed by atoms with Crippen LogP contribution in [0.25, 0.3) is 0 Å². The number of likely N-dealkylation sites (tertiary alicyclic amines) is 1. The van der Waals surface area contributed by atoms with Gasteiger partial charge in [-0.2, -0.15) is 0 Å². The number of nitrogens with one attached hydrogen (secondary N) is 1. The van der Waals surface area contributed by atoms with Gasteiger partial charge in [-0.1, -0.05) is 38.0 Å². The average Bonchev–Trinajstić information content (AvgIpc) is 2.76. The van der Waals surface area contributed by atoms with Crippen LogP contribution in [-0.2, 0) is 14.3 Å². The van der Waals surface area contributed by atoms with Crippen LogP contribution in [0.1, 0.15) is 73.1 Å². The zero-order chi connectivity index (χ0) is 25.2. The topological polar surface area (TPSA) is 99.1 Å². The molecule has 7 nitrogen and oxygen atoms in total. The maximum Gasteiger partial charge on any atom is 0.234 e. The molecule has 190 valence electrons. The van der Waals surface area contributed by atoms with Crippen molar-refractivity contribution >= 4 is 11.7 Å². The fourth-order valence-electron chi connectivity index (χ4n) is 7.21. The molecule has 1 amide bonds. The summed E-state index contributed by atoms with van der Waals surface area (Å²) >= 11 is 0. The van der Waals surface area contributed by atoms with E-state index >= 15 is 0 Å². The van der Waals surface area contributed by atoms with Gasteiger partial charge in [0.2, 0.25) is 5.91 Å². The van der Waals surface area contributed by atoms with Gasteiger partial charge in [-0.25, -0.2) is 0 Å². The van der Waals surface area contributed by atoms with E-state index < -0.39 is 34.4 Å². The van der Waals surface area contributed by atoms with Gasteiger partial charge in [-0.3, -0.25) is 14.5 Å². The van der Waals surface area contributed by atoms with E-state index in [0.717, 1.165) is 37.9 Å². The smallest absolute Gasteiger partial charge is 0.234 e. The second-order valence-electron chi connectivity index (χ2n) is 12.1.